The van der Waals surface area contributed by atoms with Crippen molar-refractivity contribution in [3.8, 4) is 0 Å². The summed E-state index contributed by atoms with van der Waals surface area (Å²) >= 11 is 11.3. The van der Waals surface area contributed by atoms with Crippen LogP contribution in [0.4, 0.5) is 4.39 Å². The number of fused-ring (bicyclic) bond motifs is 2. The Morgan fingerprint density at radius 1 is 1.25 bits per heavy atom. The zero-order valence-corrected chi connectivity index (χ0v) is 12.5. The Kier molecular flexibility index (Phi) is 2.91. The van der Waals surface area contributed by atoms with Gasteiger partial charge in [-0.25, -0.2) is 4.39 Å². The molecule has 2 aliphatic rings. The molecule has 0 amide bonds. The summed E-state index contributed by atoms with van der Waals surface area (Å²) < 4.78 is 16.6. The molecule has 2 atom stereocenters. The van der Waals surface area contributed by atoms with Crippen LogP contribution in [-0.2, 0) is 0 Å². The molecule has 2 aliphatic heterocycles. The molecule has 3 nitrogen and oxygen atoms in total. The van der Waals surface area contributed by atoms with E-state index in [1.165, 1.54) is 25.5 Å². The smallest absolute Gasteiger partial charge is 0.178 e. The largest absolute Gasteiger partial charge is 0.331 e. The number of benzene rings is 1. The van der Waals surface area contributed by atoms with Crippen LogP contribution in [0.15, 0.2) is 12.1 Å². The fraction of sp³-hybridized carbons (Fsp3) is 0.500. The lowest BCUT2D eigenvalue weighted by atomic mass is 10.1. The van der Waals surface area contributed by atoms with Gasteiger partial charge in [0.25, 0.3) is 0 Å². The first kappa shape index (κ1) is 12.8. The third-order valence-corrected chi connectivity index (χ3v) is 5.25. The first-order chi connectivity index (χ1) is 9.65. The topological polar surface area (TPSA) is 24.0 Å². The van der Waals surface area contributed by atoms with Crippen LogP contribution in [0.25, 0.3) is 11.0 Å². The quantitative estimate of drug-likeness (QED) is 0.808. The molecular formula is C14H15ClFN3S. The Hall–Kier alpha value is -0.910. The monoisotopic (exact) mass is 311 g/mol. The summed E-state index contributed by atoms with van der Waals surface area (Å²) in [6.45, 7) is 2.29. The van der Waals surface area contributed by atoms with Gasteiger partial charge in [0.05, 0.1) is 22.1 Å². The van der Waals surface area contributed by atoms with E-state index in [0.29, 0.717) is 16.9 Å². The molecule has 6 heteroatoms. The van der Waals surface area contributed by atoms with E-state index in [1.54, 1.807) is 6.07 Å². The molecule has 0 saturated carbocycles. The molecule has 2 saturated heterocycles. The fourth-order valence-corrected chi connectivity index (χ4v) is 4.31. The number of aromatic amines is 1. The fourth-order valence-electron chi connectivity index (χ4n) is 3.81. The number of nitrogens with zero attached hydrogens (tertiary/aromatic N) is 2. The van der Waals surface area contributed by atoms with Crippen molar-refractivity contribution in [3.05, 3.63) is 27.7 Å². The standard InChI is InChI=1S/C14H15ClFN3S/c15-8-6-10-13(7-9(8)16)19(14(20)17-10)12-3-5-18-4-1-2-11(12)18/h6-7,11-12H,1-5H2,(H,17,20). The third-order valence-electron chi connectivity index (χ3n) is 4.66. The second-order valence-electron chi connectivity index (χ2n) is 5.69. The van der Waals surface area contributed by atoms with Crippen LogP contribution in [0.1, 0.15) is 25.3 Å². The summed E-state index contributed by atoms with van der Waals surface area (Å²) in [6, 6.07) is 4.01. The second kappa shape index (κ2) is 4.55. The van der Waals surface area contributed by atoms with Crippen molar-refractivity contribution in [1.29, 1.82) is 0 Å². The van der Waals surface area contributed by atoms with Gasteiger partial charge < -0.3 is 9.55 Å². The average Bonchev–Trinajstić information content (AvgIpc) is 3.05. The third kappa shape index (κ3) is 1.76. The van der Waals surface area contributed by atoms with Gasteiger partial charge in [-0.1, -0.05) is 11.6 Å². The van der Waals surface area contributed by atoms with Crippen molar-refractivity contribution in [2.24, 2.45) is 0 Å². The SMILES string of the molecule is Fc1cc2c(cc1Cl)[nH]c(=S)n2C1CCN2CCCC12. The number of hydrogen-bond acceptors (Lipinski definition) is 2. The molecule has 2 aromatic rings. The van der Waals surface area contributed by atoms with Gasteiger partial charge in [-0.2, -0.15) is 0 Å². The van der Waals surface area contributed by atoms with E-state index in [-0.39, 0.29) is 10.8 Å². The van der Waals surface area contributed by atoms with Crippen molar-refractivity contribution in [2.75, 3.05) is 13.1 Å². The lowest BCUT2D eigenvalue weighted by Gasteiger charge is -2.22. The molecule has 4 rings (SSSR count). The van der Waals surface area contributed by atoms with Crippen LogP contribution in [0.3, 0.4) is 0 Å². The van der Waals surface area contributed by atoms with Gasteiger partial charge in [-0.3, -0.25) is 4.90 Å². The molecule has 2 fully saturated rings. The second-order valence-corrected chi connectivity index (χ2v) is 6.48. The Morgan fingerprint density at radius 3 is 2.95 bits per heavy atom. The zero-order valence-electron chi connectivity index (χ0n) is 10.9. The average molecular weight is 312 g/mol. The number of aromatic nitrogens is 2. The Morgan fingerprint density at radius 2 is 2.10 bits per heavy atom. The van der Waals surface area contributed by atoms with Crippen LogP contribution in [0, 0.1) is 10.6 Å². The van der Waals surface area contributed by atoms with Crippen LogP contribution in [-0.4, -0.2) is 33.6 Å². The molecule has 0 bridgehead atoms. The molecule has 1 N–H and O–H groups in total. The molecule has 1 aromatic carbocycles. The Bertz CT molecular complexity index is 738. The molecule has 2 unspecified atom stereocenters. The Balaban J connectivity index is 1.89. The molecule has 106 valence electrons. The molecule has 20 heavy (non-hydrogen) atoms. The van der Waals surface area contributed by atoms with E-state index < -0.39 is 0 Å². The number of H-pyrrole nitrogens is 1. The minimum atomic E-state index is -0.386. The number of rotatable bonds is 1. The molecular weight excluding hydrogens is 297 g/mol. The number of imidazole rings is 1. The van der Waals surface area contributed by atoms with Gasteiger partial charge in [-0.05, 0) is 44.1 Å². The van der Waals surface area contributed by atoms with E-state index >= 15 is 0 Å². The maximum absolute atomic E-state index is 13.8. The number of hydrogen-bond donors (Lipinski definition) is 1. The van der Waals surface area contributed by atoms with Gasteiger partial charge in [0.2, 0.25) is 0 Å². The lowest BCUT2D eigenvalue weighted by molar-refractivity contribution is 0.291. The molecule has 0 spiro atoms. The van der Waals surface area contributed by atoms with Crippen LogP contribution in [0.5, 0.6) is 0 Å². The summed E-state index contributed by atoms with van der Waals surface area (Å²) in [7, 11) is 0. The lowest BCUT2D eigenvalue weighted by Crippen LogP contribution is -2.27. The van der Waals surface area contributed by atoms with Crippen LogP contribution in [0.2, 0.25) is 5.02 Å². The summed E-state index contributed by atoms with van der Waals surface area (Å²) in [5.41, 5.74) is 1.65. The van der Waals surface area contributed by atoms with Crippen molar-refractivity contribution in [1.82, 2.24) is 14.5 Å². The van der Waals surface area contributed by atoms with E-state index in [1.807, 2.05) is 0 Å². The molecule has 1 aromatic heterocycles. The van der Waals surface area contributed by atoms with Gasteiger partial charge in [0, 0.05) is 18.7 Å². The minimum Gasteiger partial charge on any atom is -0.331 e. The minimum absolute atomic E-state index is 0.134. The van der Waals surface area contributed by atoms with Gasteiger partial charge in [-0.15, -0.1) is 0 Å². The molecule has 3 heterocycles. The summed E-state index contributed by atoms with van der Waals surface area (Å²) in [6.07, 6.45) is 3.53. The van der Waals surface area contributed by atoms with Crippen LogP contribution >= 0.6 is 23.8 Å². The first-order valence-corrected chi connectivity index (χ1v) is 7.77. The summed E-state index contributed by atoms with van der Waals surface area (Å²) in [5.74, 6) is -0.386. The normalized spacial score (nSPS) is 26.5. The van der Waals surface area contributed by atoms with E-state index in [4.69, 9.17) is 23.8 Å². The van der Waals surface area contributed by atoms with Crippen molar-refractivity contribution >= 4 is 34.9 Å². The van der Waals surface area contributed by atoms with E-state index in [0.717, 1.165) is 24.0 Å². The predicted octanol–water partition coefficient (Wildman–Crippen LogP) is 3.90. The maximum atomic E-state index is 13.8. The van der Waals surface area contributed by atoms with Crippen LogP contribution < -0.4 is 0 Å². The zero-order chi connectivity index (χ0) is 13.9. The maximum Gasteiger partial charge on any atom is 0.178 e. The van der Waals surface area contributed by atoms with E-state index in [2.05, 4.69) is 14.5 Å². The Labute approximate surface area is 126 Å². The highest BCUT2D eigenvalue weighted by Crippen LogP contribution is 2.38. The molecule has 0 radical (unpaired) electrons. The van der Waals surface area contributed by atoms with Crippen molar-refractivity contribution in [2.45, 2.75) is 31.3 Å². The van der Waals surface area contributed by atoms with E-state index in [9.17, 15) is 4.39 Å². The predicted molar refractivity (Wildman–Crippen MR) is 80.3 cm³/mol. The highest BCUT2D eigenvalue weighted by molar-refractivity contribution is 7.71. The van der Waals surface area contributed by atoms with Gasteiger partial charge >= 0.3 is 0 Å². The summed E-state index contributed by atoms with van der Waals surface area (Å²) in [5, 5.41) is 0.134. The van der Waals surface area contributed by atoms with Crippen molar-refractivity contribution in [3.63, 3.8) is 0 Å². The van der Waals surface area contributed by atoms with Gasteiger partial charge in [0.15, 0.2) is 4.77 Å². The number of halogens is 2. The van der Waals surface area contributed by atoms with Gasteiger partial charge in [0.1, 0.15) is 5.82 Å². The molecule has 0 aliphatic carbocycles. The van der Waals surface area contributed by atoms with Crippen molar-refractivity contribution < 1.29 is 4.39 Å². The highest BCUT2D eigenvalue weighted by atomic mass is 35.5. The summed E-state index contributed by atoms with van der Waals surface area (Å²) in [4.78, 5) is 5.69. The number of nitrogens with one attached hydrogen (secondary N) is 1. The highest BCUT2D eigenvalue weighted by Gasteiger charge is 2.38. The first-order valence-electron chi connectivity index (χ1n) is 6.98.